The molecule has 0 amide bonds. The van der Waals surface area contributed by atoms with E-state index in [0.29, 0.717) is 16.7 Å². The lowest BCUT2D eigenvalue weighted by atomic mass is 9.94. The highest BCUT2D eigenvalue weighted by atomic mass is 35.5. The second-order valence-electron chi connectivity index (χ2n) is 6.09. The van der Waals surface area contributed by atoms with Crippen molar-refractivity contribution in [2.24, 2.45) is 5.92 Å². The van der Waals surface area contributed by atoms with E-state index in [1.54, 1.807) is 6.07 Å². The Hall–Kier alpha value is -1.30. The van der Waals surface area contributed by atoms with Crippen LogP contribution in [0.3, 0.4) is 0 Å². The Morgan fingerprint density at radius 3 is 2.70 bits per heavy atom. The fourth-order valence-corrected chi connectivity index (χ4v) is 3.10. The van der Waals surface area contributed by atoms with E-state index in [1.165, 1.54) is 6.92 Å². The molecule has 0 aromatic heterocycles. The molecule has 0 spiro atoms. The lowest BCUT2D eigenvalue weighted by molar-refractivity contribution is -0.144. The summed E-state index contributed by atoms with van der Waals surface area (Å²) in [6.07, 6.45) is 2.20. The summed E-state index contributed by atoms with van der Waals surface area (Å²) in [5.41, 5.74) is 1.09. The minimum absolute atomic E-state index is 0.274. The molecule has 1 fully saturated rings. The summed E-state index contributed by atoms with van der Waals surface area (Å²) < 4.78 is 5.32. The predicted octanol–water partition coefficient (Wildman–Crippen LogP) is 2.79. The van der Waals surface area contributed by atoms with Crippen LogP contribution in [0.25, 0.3) is 0 Å². The van der Waals surface area contributed by atoms with Crippen molar-refractivity contribution in [2.45, 2.75) is 38.8 Å². The van der Waals surface area contributed by atoms with Crippen molar-refractivity contribution < 1.29 is 19.7 Å². The molecule has 0 saturated carbocycles. The van der Waals surface area contributed by atoms with E-state index in [2.05, 4.69) is 4.90 Å². The number of nitrogens with zero attached hydrogens (tertiary/aromatic N) is 1. The fraction of sp³-hybridized carbons (Fsp3) is 0.588. The standard InChI is InChI=1S/C17H24ClNO4/c1-12(17(21)22)23-16-3-2-14(10-15(16)18)11-19-7-4-13(5-8-19)6-9-20/h2-3,10,12-13,20H,4-9,11H2,1H3,(H,21,22)/t12-/m0/s1. The molecule has 1 heterocycles. The molecule has 2 N–H and O–H groups in total. The molecule has 128 valence electrons. The summed E-state index contributed by atoms with van der Waals surface area (Å²) in [6.45, 7) is 4.62. The molecule has 5 nitrogen and oxygen atoms in total. The molecular weight excluding hydrogens is 318 g/mol. The van der Waals surface area contributed by atoms with Gasteiger partial charge in [-0.2, -0.15) is 0 Å². The molecule has 0 aliphatic carbocycles. The van der Waals surface area contributed by atoms with Gasteiger partial charge in [-0.05, 0) is 62.9 Å². The zero-order valence-corrected chi connectivity index (χ0v) is 14.1. The van der Waals surface area contributed by atoms with Crippen molar-refractivity contribution in [2.75, 3.05) is 19.7 Å². The van der Waals surface area contributed by atoms with E-state index < -0.39 is 12.1 Å². The van der Waals surface area contributed by atoms with Crippen LogP contribution >= 0.6 is 11.6 Å². The number of ether oxygens (including phenoxy) is 1. The molecule has 1 aromatic carbocycles. The molecule has 1 aliphatic heterocycles. The third kappa shape index (κ3) is 5.37. The van der Waals surface area contributed by atoms with Gasteiger partial charge in [-0.25, -0.2) is 4.79 Å². The maximum atomic E-state index is 10.8. The summed E-state index contributed by atoms with van der Waals surface area (Å²) in [4.78, 5) is 13.2. The van der Waals surface area contributed by atoms with Crippen LogP contribution in [0.1, 0.15) is 31.7 Å². The number of benzene rings is 1. The first-order valence-electron chi connectivity index (χ1n) is 8.00. The lowest BCUT2D eigenvalue weighted by Gasteiger charge is -2.31. The quantitative estimate of drug-likeness (QED) is 0.798. The summed E-state index contributed by atoms with van der Waals surface area (Å²) in [7, 11) is 0. The van der Waals surface area contributed by atoms with Crippen molar-refractivity contribution in [3.05, 3.63) is 28.8 Å². The molecule has 1 aromatic rings. The smallest absolute Gasteiger partial charge is 0.344 e. The number of rotatable bonds is 7. The average Bonchev–Trinajstić information content (AvgIpc) is 2.52. The zero-order valence-electron chi connectivity index (χ0n) is 13.4. The third-order valence-corrected chi connectivity index (χ3v) is 4.59. The molecule has 0 bridgehead atoms. The Labute approximate surface area is 141 Å². The Morgan fingerprint density at radius 2 is 2.13 bits per heavy atom. The number of hydrogen-bond acceptors (Lipinski definition) is 4. The van der Waals surface area contributed by atoms with E-state index in [9.17, 15) is 4.79 Å². The largest absolute Gasteiger partial charge is 0.479 e. The minimum Gasteiger partial charge on any atom is -0.479 e. The first kappa shape index (κ1) is 18.0. The van der Waals surface area contributed by atoms with Gasteiger partial charge in [0.15, 0.2) is 6.10 Å². The van der Waals surface area contributed by atoms with Gasteiger partial charge in [-0.3, -0.25) is 4.90 Å². The lowest BCUT2D eigenvalue weighted by Crippen LogP contribution is -2.33. The van der Waals surface area contributed by atoms with Crippen LogP contribution in [0.4, 0.5) is 0 Å². The van der Waals surface area contributed by atoms with E-state index in [0.717, 1.165) is 44.5 Å². The topological polar surface area (TPSA) is 70.0 Å². The van der Waals surface area contributed by atoms with Gasteiger partial charge in [-0.1, -0.05) is 17.7 Å². The molecule has 2 rings (SSSR count). The molecule has 23 heavy (non-hydrogen) atoms. The molecule has 1 atom stereocenters. The van der Waals surface area contributed by atoms with Gasteiger partial charge < -0.3 is 14.9 Å². The summed E-state index contributed by atoms with van der Waals surface area (Å²) in [5.74, 6) is 0.0102. The van der Waals surface area contributed by atoms with Crippen LogP contribution in [-0.4, -0.2) is 46.9 Å². The van der Waals surface area contributed by atoms with Crippen LogP contribution in [-0.2, 0) is 11.3 Å². The molecule has 6 heteroatoms. The molecular formula is C17H24ClNO4. The number of halogens is 1. The SMILES string of the molecule is C[C@H](Oc1ccc(CN2CCC(CCO)CC2)cc1Cl)C(=O)O. The minimum atomic E-state index is -1.02. The van der Waals surface area contributed by atoms with Gasteiger partial charge in [0.05, 0.1) is 5.02 Å². The van der Waals surface area contributed by atoms with Crippen molar-refractivity contribution in [3.8, 4) is 5.75 Å². The highest BCUT2D eigenvalue weighted by Crippen LogP contribution is 2.28. The Bertz CT molecular complexity index is 529. The number of hydrogen-bond donors (Lipinski definition) is 2. The van der Waals surface area contributed by atoms with Crippen LogP contribution in [0.2, 0.25) is 5.02 Å². The first-order valence-corrected chi connectivity index (χ1v) is 8.38. The average molecular weight is 342 g/mol. The van der Waals surface area contributed by atoms with Crippen molar-refractivity contribution >= 4 is 17.6 Å². The highest BCUT2D eigenvalue weighted by Gasteiger charge is 2.19. The monoisotopic (exact) mass is 341 g/mol. The van der Waals surface area contributed by atoms with E-state index >= 15 is 0 Å². The van der Waals surface area contributed by atoms with Crippen LogP contribution < -0.4 is 4.74 Å². The van der Waals surface area contributed by atoms with Gasteiger partial charge in [0.1, 0.15) is 5.75 Å². The Morgan fingerprint density at radius 1 is 1.43 bits per heavy atom. The summed E-state index contributed by atoms with van der Waals surface area (Å²) >= 11 is 6.20. The fourth-order valence-electron chi connectivity index (χ4n) is 2.85. The number of carbonyl (C=O) groups is 1. The van der Waals surface area contributed by atoms with Gasteiger partial charge in [0, 0.05) is 13.2 Å². The number of likely N-dealkylation sites (tertiary alicyclic amines) is 1. The Balaban J connectivity index is 1.90. The van der Waals surface area contributed by atoms with E-state index in [4.69, 9.17) is 26.6 Å². The van der Waals surface area contributed by atoms with Crippen LogP contribution in [0, 0.1) is 5.92 Å². The van der Waals surface area contributed by atoms with Gasteiger partial charge in [0.25, 0.3) is 0 Å². The van der Waals surface area contributed by atoms with Gasteiger partial charge in [0.2, 0.25) is 0 Å². The summed E-state index contributed by atoms with van der Waals surface area (Å²) in [5, 5.41) is 18.3. The van der Waals surface area contributed by atoms with Crippen molar-refractivity contribution in [3.63, 3.8) is 0 Å². The highest BCUT2D eigenvalue weighted by molar-refractivity contribution is 6.32. The molecule has 1 aliphatic rings. The Kier molecular flexibility index (Phi) is 6.69. The van der Waals surface area contributed by atoms with Crippen LogP contribution in [0.15, 0.2) is 18.2 Å². The molecule has 0 radical (unpaired) electrons. The number of carboxylic acid groups (broad SMARTS) is 1. The first-order chi connectivity index (χ1) is 11.0. The maximum absolute atomic E-state index is 10.8. The van der Waals surface area contributed by atoms with Crippen molar-refractivity contribution in [1.29, 1.82) is 0 Å². The van der Waals surface area contributed by atoms with Crippen molar-refractivity contribution in [1.82, 2.24) is 4.90 Å². The summed E-state index contributed by atoms with van der Waals surface area (Å²) in [6, 6.07) is 5.50. The van der Waals surface area contributed by atoms with Crippen LogP contribution in [0.5, 0.6) is 5.75 Å². The number of aliphatic hydroxyl groups is 1. The molecule has 0 unspecified atom stereocenters. The normalized spacial score (nSPS) is 17.9. The molecule has 1 saturated heterocycles. The second kappa shape index (κ2) is 8.52. The van der Waals surface area contributed by atoms with E-state index in [1.807, 2.05) is 12.1 Å². The number of carboxylic acids is 1. The number of aliphatic hydroxyl groups excluding tert-OH is 1. The van der Waals surface area contributed by atoms with Gasteiger partial charge >= 0.3 is 5.97 Å². The third-order valence-electron chi connectivity index (χ3n) is 4.30. The van der Waals surface area contributed by atoms with Gasteiger partial charge in [-0.15, -0.1) is 0 Å². The zero-order chi connectivity index (χ0) is 16.8. The predicted molar refractivity (Wildman–Crippen MR) is 88.9 cm³/mol. The number of aliphatic carboxylic acids is 1. The van der Waals surface area contributed by atoms with E-state index in [-0.39, 0.29) is 6.61 Å². The maximum Gasteiger partial charge on any atom is 0.344 e. The second-order valence-corrected chi connectivity index (χ2v) is 6.50. The number of piperidine rings is 1.